The number of hydrogen-bond donors (Lipinski definition) is 1. The molecule has 6 heteroatoms. The SMILES string of the molecule is C[C@H]1CCCC[C@@H]1NC(=O)CN1C(=O)/C(=C\c2ccc(Cl)cc2)Oc2ccc(C(C)(C)C)cc21. The van der Waals surface area contributed by atoms with Gasteiger partial charge in [0.15, 0.2) is 11.5 Å². The van der Waals surface area contributed by atoms with Gasteiger partial charge in [-0.15, -0.1) is 0 Å². The molecule has 5 nitrogen and oxygen atoms in total. The van der Waals surface area contributed by atoms with Crippen LogP contribution in [0.2, 0.25) is 5.02 Å². The molecule has 2 amide bonds. The molecule has 1 saturated carbocycles. The predicted molar refractivity (Wildman–Crippen MR) is 137 cm³/mol. The molecule has 2 aromatic rings. The van der Waals surface area contributed by atoms with Crippen molar-refractivity contribution in [3.63, 3.8) is 0 Å². The third-order valence-electron chi connectivity index (χ3n) is 6.72. The number of nitrogens with zero attached hydrogens (tertiary/aromatic N) is 1. The molecule has 0 unspecified atom stereocenters. The molecular weight excluding hydrogens is 448 g/mol. The summed E-state index contributed by atoms with van der Waals surface area (Å²) in [5, 5.41) is 3.79. The van der Waals surface area contributed by atoms with E-state index in [-0.39, 0.29) is 35.6 Å². The van der Waals surface area contributed by atoms with Crippen LogP contribution in [0.1, 0.15) is 64.5 Å². The Morgan fingerprint density at radius 3 is 2.53 bits per heavy atom. The molecule has 1 fully saturated rings. The maximum absolute atomic E-state index is 13.5. The lowest BCUT2D eigenvalue weighted by Crippen LogP contribution is -2.48. The molecule has 0 saturated heterocycles. The number of halogens is 1. The Bertz CT molecular complexity index is 1100. The number of benzene rings is 2. The fraction of sp³-hybridized carbons (Fsp3) is 0.429. The number of fused-ring (bicyclic) bond motifs is 1. The summed E-state index contributed by atoms with van der Waals surface area (Å²) >= 11 is 6.00. The molecule has 0 radical (unpaired) electrons. The van der Waals surface area contributed by atoms with E-state index in [1.807, 2.05) is 30.3 Å². The second-order valence-corrected chi connectivity index (χ2v) is 10.9. The highest BCUT2D eigenvalue weighted by Crippen LogP contribution is 2.39. The summed E-state index contributed by atoms with van der Waals surface area (Å²) in [6.07, 6.45) is 6.12. The van der Waals surface area contributed by atoms with Crippen LogP contribution in [0.25, 0.3) is 6.08 Å². The maximum atomic E-state index is 13.5. The highest BCUT2D eigenvalue weighted by Gasteiger charge is 2.34. The highest BCUT2D eigenvalue weighted by molar-refractivity contribution is 6.30. The van der Waals surface area contributed by atoms with E-state index in [0.717, 1.165) is 30.4 Å². The molecule has 1 aliphatic carbocycles. The van der Waals surface area contributed by atoms with Gasteiger partial charge in [-0.3, -0.25) is 14.5 Å². The van der Waals surface area contributed by atoms with Crippen LogP contribution in [0.5, 0.6) is 5.75 Å². The molecule has 1 aliphatic heterocycles. The van der Waals surface area contributed by atoms with Gasteiger partial charge in [0.05, 0.1) is 5.69 Å². The number of nitrogens with one attached hydrogen (secondary N) is 1. The number of rotatable bonds is 4. The van der Waals surface area contributed by atoms with E-state index in [1.165, 1.54) is 6.42 Å². The van der Waals surface area contributed by atoms with Crippen molar-refractivity contribution >= 4 is 35.2 Å². The van der Waals surface area contributed by atoms with E-state index in [9.17, 15) is 9.59 Å². The first kappa shape index (κ1) is 24.3. The molecule has 2 atom stereocenters. The van der Waals surface area contributed by atoms with Gasteiger partial charge in [-0.25, -0.2) is 0 Å². The van der Waals surface area contributed by atoms with E-state index < -0.39 is 0 Å². The van der Waals surface area contributed by atoms with Gasteiger partial charge in [-0.1, -0.05) is 70.3 Å². The van der Waals surface area contributed by atoms with Gasteiger partial charge in [-0.05, 0) is 65.6 Å². The number of amides is 2. The second kappa shape index (κ2) is 9.83. The van der Waals surface area contributed by atoms with E-state index in [2.05, 4.69) is 33.0 Å². The normalized spacial score (nSPS) is 21.7. The molecule has 34 heavy (non-hydrogen) atoms. The Morgan fingerprint density at radius 1 is 1.15 bits per heavy atom. The lowest BCUT2D eigenvalue weighted by atomic mass is 9.86. The van der Waals surface area contributed by atoms with Gasteiger partial charge in [0, 0.05) is 11.1 Å². The zero-order valence-corrected chi connectivity index (χ0v) is 21.1. The van der Waals surface area contributed by atoms with E-state index in [4.69, 9.17) is 16.3 Å². The Balaban J connectivity index is 1.66. The average molecular weight is 481 g/mol. The molecule has 2 aromatic carbocycles. The molecule has 1 heterocycles. The summed E-state index contributed by atoms with van der Waals surface area (Å²) < 4.78 is 6.03. The molecule has 2 aliphatic rings. The van der Waals surface area contributed by atoms with Crippen molar-refractivity contribution in [1.82, 2.24) is 5.32 Å². The van der Waals surface area contributed by atoms with Crippen LogP contribution in [0, 0.1) is 5.92 Å². The molecule has 0 aromatic heterocycles. The quantitative estimate of drug-likeness (QED) is 0.538. The van der Waals surface area contributed by atoms with Crippen LogP contribution in [0.15, 0.2) is 48.2 Å². The Morgan fingerprint density at radius 2 is 1.85 bits per heavy atom. The van der Waals surface area contributed by atoms with E-state index >= 15 is 0 Å². The molecule has 4 rings (SSSR count). The van der Waals surface area contributed by atoms with Crippen LogP contribution in [-0.2, 0) is 15.0 Å². The third kappa shape index (κ3) is 5.47. The third-order valence-corrected chi connectivity index (χ3v) is 6.97. The van der Waals surface area contributed by atoms with Gasteiger partial charge in [0.1, 0.15) is 6.54 Å². The topological polar surface area (TPSA) is 58.6 Å². The average Bonchev–Trinajstić information content (AvgIpc) is 2.78. The van der Waals surface area contributed by atoms with Crippen molar-refractivity contribution in [2.75, 3.05) is 11.4 Å². The molecule has 0 bridgehead atoms. The molecular formula is C28H33ClN2O3. The molecule has 180 valence electrons. The number of anilines is 1. The van der Waals surface area contributed by atoms with Crippen LogP contribution >= 0.6 is 11.6 Å². The standard InChI is InChI=1S/C28H33ClN2O3/c1-18-7-5-6-8-22(18)30-26(32)17-31-23-16-20(28(2,3)4)11-14-24(23)34-25(27(31)33)15-19-9-12-21(29)13-10-19/h9-16,18,22H,5-8,17H2,1-4H3,(H,30,32)/b25-15+/t18-,22-/m0/s1. The molecule has 1 N–H and O–H groups in total. The first-order valence-electron chi connectivity index (χ1n) is 12.0. The van der Waals surface area contributed by atoms with Crippen molar-refractivity contribution in [1.29, 1.82) is 0 Å². The summed E-state index contributed by atoms with van der Waals surface area (Å²) in [6.45, 7) is 8.49. The van der Waals surface area contributed by atoms with Crippen LogP contribution in [0.4, 0.5) is 5.69 Å². The van der Waals surface area contributed by atoms with Gasteiger partial charge in [-0.2, -0.15) is 0 Å². The van der Waals surface area contributed by atoms with Crippen molar-refractivity contribution in [3.8, 4) is 5.75 Å². The summed E-state index contributed by atoms with van der Waals surface area (Å²) in [5.41, 5.74) is 2.38. The Hall–Kier alpha value is -2.79. The predicted octanol–water partition coefficient (Wildman–Crippen LogP) is 6.10. The van der Waals surface area contributed by atoms with E-state index in [0.29, 0.717) is 22.4 Å². The summed E-state index contributed by atoms with van der Waals surface area (Å²) in [5.74, 6) is 0.703. The second-order valence-electron chi connectivity index (χ2n) is 10.4. The smallest absolute Gasteiger partial charge is 0.294 e. The number of ether oxygens (including phenoxy) is 1. The lowest BCUT2D eigenvalue weighted by Gasteiger charge is -2.33. The summed E-state index contributed by atoms with van der Waals surface area (Å²) in [4.78, 5) is 28.2. The van der Waals surface area contributed by atoms with Gasteiger partial charge in [0.25, 0.3) is 5.91 Å². The van der Waals surface area contributed by atoms with Crippen LogP contribution in [-0.4, -0.2) is 24.4 Å². The minimum absolute atomic E-state index is 0.0516. The van der Waals surface area contributed by atoms with Gasteiger partial charge < -0.3 is 10.1 Å². The lowest BCUT2D eigenvalue weighted by molar-refractivity contribution is -0.124. The largest absolute Gasteiger partial charge is 0.449 e. The van der Waals surface area contributed by atoms with Crippen molar-refractivity contribution in [3.05, 3.63) is 64.4 Å². The van der Waals surface area contributed by atoms with Crippen molar-refractivity contribution in [2.24, 2.45) is 5.92 Å². The maximum Gasteiger partial charge on any atom is 0.294 e. The first-order chi connectivity index (χ1) is 16.1. The van der Waals surface area contributed by atoms with Crippen LogP contribution in [0.3, 0.4) is 0 Å². The Labute approximate surface area is 207 Å². The zero-order valence-electron chi connectivity index (χ0n) is 20.4. The Kier molecular flexibility index (Phi) is 7.04. The monoisotopic (exact) mass is 480 g/mol. The van der Waals surface area contributed by atoms with E-state index in [1.54, 1.807) is 23.1 Å². The van der Waals surface area contributed by atoms with Crippen molar-refractivity contribution < 1.29 is 14.3 Å². The number of carbonyl (C=O) groups excluding carboxylic acids is 2. The minimum atomic E-state index is -0.333. The van der Waals surface area contributed by atoms with Gasteiger partial charge >= 0.3 is 0 Å². The van der Waals surface area contributed by atoms with Crippen LogP contribution < -0.4 is 15.0 Å². The zero-order chi connectivity index (χ0) is 24.5. The number of carbonyl (C=O) groups is 2. The highest BCUT2D eigenvalue weighted by atomic mass is 35.5. The minimum Gasteiger partial charge on any atom is -0.449 e. The summed E-state index contributed by atoms with van der Waals surface area (Å²) in [7, 11) is 0. The number of hydrogen-bond acceptors (Lipinski definition) is 3. The summed E-state index contributed by atoms with van der Waals surface area (Å²) in [6, 6.07) is 13.2. The molecule has 0 spiro atoms. The fourth-order valence-corrected chi connectivity index (χ4v) is 4.70. The van der Waals surface area contributed by atoms with Crippen molar-refractivity contribution in [2.45, 2.75) is 64.8 Å². The fourth-order valence-electron chi connectivity index (χ4n) is 4.57. The first-order valence-corrected chi connectivity index (χ1v) is 12.4. The van der Waals surface area contributed by atoms with Gasteiger partial charge in [0.2, 0.25) is 5.91 Å².